The van der Waals surface area contributed by atoms with Gasteiger partial charge in [0.1, 0.15) is 10.7 Å². The number of hydrogen-bond acceptors (Lipinski definition) is 3. The maximum atomic E-state index is 11.2. The second-order valence-corrected chi connectivity index (χ2v) is 5.65. The van der Waals surface area contributed by atoms with Gasteiger partial charge in [0.15, 0.2) is 0 Å². The molecule has 0 amide bonds. The molecule has 1 N–H and O–H groups in total. The van der Waals surface area contributed by atoms with E-state index in [4.69, 9.17) is 11.6 Å². The van der Waals surface area contributed by atoms with Gasteiger partial charge in [-0.25, -0.2) is 0 Å². The number of rotatable bonds is 3. The van der Waals surface area contributed by atoms with Crippen LogP contribution in [0.5, 0.6) is 0 Å². The lowest BCUT2D eigenvalue weighted by Gasteiger charge is -2.26. The molecular weight excluding hydrogens is 288 g/mol. The summed E-state index contributed by atoms with van der Waals surface area (Å²) in [6.07, 6.45) is 2.82. The molecule has 1 atom stereocenters. The van der Waals surface area contributed by atoms with Crippen LogP contribution in [0.4, 0.5) is 11.4 Å². The van der Waals surface area contributed by atoms with E-state index in [1.165, 1.54) is 11.1 Å². The normalized spacial score (nSPS) is 17.1. The first kappa shape index (κ1) is 13.9. The van der Waals surface area contributed by atoms with E-state index in [1.807, 2.05) is 12.1 Å². The van der Waals surface area contributed by atoms with Crippen molar-refractivity contribution in [3.05, 3.63) is 68.7 Å². The molecule has 1 unspecified atom stereocenters. The quantitative estimate of drug-likeness (QED) is 0.682. The smallest absolute Gasteiger partial charge is 0.310 e. The average molecular weight is 303 g/mol. The molecule has 0 spiro atoms. The zero-order valence-electron chi connectivity index (χ0n) is 11.4. The second-order valence-electron chi connectivity index (χ2n) is 5.25. The van der Waals surface area contributed by atoms with E-state index in [0.717, 1.165) is 19.3 Å². The van der Waals surface area contributed by atoms with Crippen LogP contribution in [0, 0.1) is 10.1 Å². The molecule has 0 fully saturated rings. The van der Waals surface area contributed by atoms with E-state index in [-0.39, 0.29) is 16.8 Å². The van der Waals surface area contributed by atoms with Crippen LogP contribution in [-0.4, -0.2) is 11.0 Å². The van der Waals surface area contributed by atoms with Gasteiger partial charge in [-0.2, -0.15) is 0 Å². The lowest BCUT2D eigenvalue weighted by atomic mass is 9.88. The summed E-state index contributed by atoms with van der Waals surface area (Å²) in [6, 6.07) is 13.5. The Kier molecular flexibility index (Phi) is 3.80. The molecule has 2 aromatic rings. The van der Waals surface area contributed by atoms with Gasteiger partial charge in [-0.3, -0.25) is 10.1 Å². The predicted molar refractivity (Wildman–Crippen MR) is 84.0 cm³/mol. The summed E-state index contributed by atoms with van der Waals surface area (Å²) in [6.45, 7) is 0. The molecule has 1 aliphatic rings. The van der Waals surface area contributed by atoms with E-state index in [2.05, 4.69) is 17.4 Å². The molecule has 0 bridgehead atoms. The van der Waals surface area contributed by atoms with Crippen molar-refractivity contribution in [1.82, 2.24) is 0 Å². The maximum absolute atomic E-state index is 11.2. The van der Waals surface area contributed by atoms with E-state index in [0.29, 0.717) is 5.69 Å². The van der Waals surface area contributed by atoms with Crippen molar-refractivity contribution in [2.24, 2.45) is 0 Å². The fourth-order valence-electron chi connectivity index (χ4n) is 2.86. The van der Waals surface area contributed by atoms with Crippen LogP contribution >= 0.6 is 11.6 Å². The van der Waals surface area contributed by atoms with Gasteiger partial charge >= 0.3 is 5.69 Å². The number of anilines is 1. The van der Waals surface area contributed by atoms with E-state index in [1.54, 1.807) is 18.2 Å². The highest BCUT2D eigenvalue weighted by atomic mass is 35.5. The number of aryl methyl sites for hydroxylation is 1. The van der Waals surface area contributed by atoms with Crippen LogP contribution in [0.1, 0.15) is 17.5 Å². The molecule has 21 heavy (non-hydrogen) atoms. The number of nitrogens with one attached hydrogen (secondary N) is 1. The van der Waals surface area contributed by atoms with Crippen molar-refractivity contribution in [1.29, 1.82) is 0 Å². The van der Waals surface area contributed by atoms with Gasteiger partial charge in [0.2, 0.25) is 0 Å². The fraction of sp³-hybridized carbons (Fsp3) is 0.250. The highest BCUT2D eigenvalue weighted by molar-refractivity contribution is 6.33. The first-order chi connectivity index (χ1) is 10.1. The monoisotopic (exact) mass is 302 g/mol. The Hall–Kier alpha value is -2.07. The van der Waals surface area contributed by atoms with Crippen molar-refractivity contribution < 1.29 is 4.92 Å². The minimum Gasteiger partial charge on any atom is -0.376 e. The number of para-hydroxylation sites is 1. The van der Waals surface area contributed by atoms with Crippen molar-refractivity contribution in [3.8, 4) is 0 Å². The molecule has 0 aliphatic heterocycles. The van der Waals surface area contributed by atoms with Crippen LogP contribution in [0.2, 0.25) is 5.02 Å². The molecule has 4 nitrogen and oxygen atoms in total. The number of nitrogens with zero attached hydrogens (tertiary/aromatic N) is 1. The lowest BCUT2D eigenvalue weighted by molar-refractivity contribution is -0.383. The van der Waals surface area contributed by atoms with Crippen LogP contribution in [0.3, 0.4) is 0 Å². The van der Waals surface area contributed by atoms with E-state index in [9.17, 15) is 10.1 Å². The minimum absolute atomic E-state index is 0.0435. The Balaban J connectivity index is 1.83. The molecule has 1 aliphatic carbocycles. The molecule has 2 aromatic carbocycles. The van der Waals surface area contributed by atoms with Gasteiger partial charge in [-0.15, -0.1) is 0 Å². The van der Waals surface area contributed by atoms with Crippen LogP contribution in [0.25, 0.3) is 0 Å². The molecule has 0 saturated carbocycles. The number of hydrogen-bond donors (Lipinski definition) is 1. The molecule has 0 saturated heterocycles. The highest BCUT2D eigenvalue weighted by Crippen LogP contribution is 2.34. The second kappa shape index (κ2) is 5.74. The van der Waals surface area contributed by atoms with Gasteiger partial charge in [0, 0.05) is 6.04 Å². The number of halogens is 1. The summed E-state index contributed by atoms with van der Waals surface area (Å²) in [7, 11) is 0. The molecule has 0 heterocycles. The third-order valence-electron chi connectivity index (χ3n) is 3.88. The first-order valence-corrected chi connectivity index (χ1v) is 7.29. The van der Waals surface area contributed by atoms with Crippen LogP contribution < -0.4 is 5.32 Å². The van der Waals surface area contributed by atoms with Gasteiger partial charge in [-0.05, 0) is 42.5 Å². The largest absolute Gasteiger partial charge is 0.376 e. The van der Waals surface area contributed by atoms with Crippen LogP contribution in [-0.2, 0) is 12.8 Å². The summed E-state index contributed by atoms with van der Waals surface area (Å²) >= 11 is 5.94. The zero-order chi connectivity index (χ0) is 14.8. The maximum Gasteiger partial charge on any atom is 0.310 e. The minimum atomic E-state index is -0.429. The van der Waals surface area contributed by atoms with Gasteiger partial charge < -0.3 is 5.32 Å². The number of benzene rings is 2. The Bertz CT molecular complexity index is 688. The number of nitro groups is 1. The standard InChI is InChI=1S/C16H15ClN2O2/c17-14-6-3-7-15(16(14)19(20)21)18-13-9-8-11-4-1-2-5-12(11)10-13/h1-7,13,18H,8-10H2. The molecular formula is C16H15ClN2O2. The Morgan fingerprint density at radius 3 is 2.67 bits per heavy atom. The number of nitro benzene ring substituents is 1. The van der Waals surface area contributed by atoms with Crippen molar-refractivity contribution >= 4 is 23.0 Å². The van der Waals surface area contributed by atoms with Gasteiger partial charge in [-0.1, -0.05) is 41.9 Å². The summed E-state index contributed by atoms with van der Waals surface area (Å²) in [5.41, 5.74) is 3.14. The van der Waals surface area contributed by atoms with Crippen LogP contribution in [0.15, 0.2) is 42.5 Å². The highest BCUT2D eigenvalue weighted by Gasteiger charge is 2.23. The summed E-state index contributed by atoms with van der Waals surface area (Å²) < 4.78 is 0. The zero-order valence-corrected chi connectivity index (χ0v) is 12.1. The summed E-state index contributed by atoms with van der Waals surface area (Å²) in [5, 5.41) is 14.6. The first-order valence-electron chi connectivity index (χ1n) is 6.91. The third-order valence-corrected chi connectivity index (χ3v) is 4.18. The Morgan fingerprint density at radius 2 is 1.90 bits per heavy atom. The summed E-state index contributed by atoms with van der Waals surface area (Å²) in [4.78, 5) is 10.7. The van der Waals surface area contributed by atoms with Gasteiger partial charge in [0.25, 0.3) is 0 Å². The third kappa shape index (κ3) is 2.85. The molecule has 0 radical (unpaired) electrons. The van der Waals surface area contributed by atoms with E-state index < -0.39 is 4.92 Å². The Morgan fingerprint density at radius 1 is 1.14 bits per heavy atom. The number of fused-ring (bicyclic) bond motifs is 1. The lowest BCUT2D eigenvalue weighted by Crippen LogP contribution is -2.27. The predicted octanol–water partition coefficient (Wildman–Crippen LogP) is 4.22. The molecule has 108 valence electrons. The van der Waals surface area contributed by atoms with Gasteiger partial charge in [0.05, 0.1) is 4.92 Å². The van der Waals surface area contributed by atoms with Crippen molar-refractivity contribution in [2.75, 3.05) is 5.32 Å². The SMILES string of the molecule is O=[N+]([O-])c1c(Cl)cccc1NC1CCc2ccccc2C1. The molecule has 5 heteroatoms. The van der Waals surface area contributed by atoms with Crippen molar-refractivity contribution in [3.63, 3.8) is 0 Å². The van der Waals surface area contributed by atoms with E-state index >= 15 is 0 Å². The fourth-order valence-corrected chi connectivity index (χ4v) is 3.10. The summed E-state index contributed by atoms with van der Waals surface area (Å²) in [5.74, 6) is 0. The average Bonchev–Trinajstić information content (AvgIpc) is 2.47. The Labute approximate surface area is 127 Å². The molecule has 0 aromatic heterocycles. The molecule has 3 rings (SSSR count). The topological polar surface area (TPSA) is 55.2 Å². The van der Waals surface area contributed by atoms with Crippen molar-refractivity contribution in [2.45, 2.75) is 25.3 Å².